The summed E-state index contributed by atoms with van der Waals surface area (Å²) in [5.74, 6) is 1.36. The van der Waals surface area contributed by atoms with Crippen molar-refractivity contribution in [2.45, 2.75) is 51.3 Å². The van der Waals surface area contributed by atoms with E-state index < -0.39 is 6.10 Å². The van der Waals surface area contributed by atoms with Crippen molar-refractivity contribution in [3.8, 4) is 11.5 Å². The summed E-state index contributed by atoms with van der Waals surface area (Å²) in [6.45, 7) is 2.40. The Morgan fingerprint density at radius 1 is 1.03 bits per heavy atom. The third kappa shape index (κ3) is 4.87. The Hall–Kier alpha value is -4.00. The molecule has 36 heavy (non-hydrogen) atoms. The number of carbonyl (C=O) groups is 2. The van der Waals surface area contributed by atoms with Gasteiger partial charge in [-0.2, -0.15) is 0 Å². The molecule has 7 nitrogen and oxygen atoms in total. The minimum atomic E-state index is -0.532. The summed E-state index contributed by atoms with van der Waals surface area (Å²) in [7, 11) is 1.58. The normalized spacial score (nSPS) is 18.8. The molecule has 5 rings (SSSR count). The number of nitrogens with one attached hydrogen (secondary N) is 2. The third-order valence-electron chi connectivity index (χ3n) is 6.90. The average molecular weight is 486 g/mol. The molecule has 0 aromatic heterocycles. The van der Waals surface area contributed by atoms with E-state index in [2.05, 4.69) is 28.8 Å². The highest BCUT2D eigenvalue weighted by Crippen LogP contribution is 2.39. The quantitative estimate of drug-likeness (QED) is 0.470. The Balaban J connectivity index is 1.39. The highest BCUT2D eigenvalue weighted by atomic mass is 16.5. The van der Waals surface area contributed by atoms with Gasteiger partial charge in [-0.1, -0.05) is 37.3 Å². The molecule has 3 aromatic carbocycles. The molecule has 2 N–H and O–H groups in total. The van der Waals surface area contributed by atoms with Crippen molar-refractivity contribution in [3.05, 3.63) is 83.4 Å². The average Bonchev–Trinajstić information content (AvgIpc) is 3.04. The summed E-state index contributed by atoms with van der Waals surface area (Å²) in [4.78, 5) is 28.2. The summed E-state index contributed by atoms with van der Waals surface area (Å²) in [6.07, 6.45) is 3.06. The number of fused-ring (bicyclic) bond motifs is 2. The van der Waals surface area contributed by atoms with E-state index in [1.54, 1.807) is 25.3 Å². The van der Waals surface area contributed by atoms with E-state index in [-0.39, 0.29) is 18.0 Å². The predicted octanol–water partition coefficient (Wildman–Crippen LogP) is 5.92. The smallest absolute Gasteiger partial charge is 0.323 e. The van der Waals surface area contributed by atoms with Crippen molar-refractivity contribution in [1.29, 1.82) is 0 Å². The molecule has 0 radical (unpaired) electrons. The molecule has 2 aliphatic rings. The van der Waals surface area contributed by atoms with Crippen molar-refractivity contribution >= 4 is 23.3 Å². The number of benzene rings is 3. The largest absolute Gasteiger partial charge is 0.497 e. The fourth-order valence-corrected chi connectivity index (χ4v) is 5.11. The van der Waals surface area contributed by atoms with E-state index in [1.807, 2.05) is 42.2 Å². The Morgan fingerprint density at radius 3 is 2.64 bits per heavy atom. The van der Waals surface area contributed by atoms with Crippen LogP contribution >= 0.6 is 0 Å². The van der Waals surface area contributed by atoms with E-state index in [0.717, 1.165) is 24.8 Å². The Morgan fingerprint density at radius 2 is 1.83 bits per heavy atom. The second-order valence-corrected chi connectivity index (χ2v) is 9.22. The molecular formula is C29H31N3O4. The molecule has 1 aliphatic heterocycles. The first-order valence-corrected chi connectivity index (χ1v) is 12.5. The maximum Gasteiger partial charge on any atom is 0.323 e. The van der Waals surface area contributed by atoms with Gasteiger partial charge in [0.25, 0.3) is 5.91 Å². The van der Waals surface area contributed by atoms with E-state index in [9.17, 15) is 9.59 Å². The number of anilines is 2. The van der Waals surface area contributed by atoms with E-state index in [0.29, 0.717) is 35.8 Å². The van der Waals surface area contributed by atoms with Crippen molar-refractivity contribution in [2.24, 2.45) is 0 Å². The fourth-order valence-electron chi connectivity index (χ4n) is 5.11. The second kappa shape index (κ2) is 10.3. The standard InChI is InChI=1S/C29H31N3O4/c1-3-26-28(33)32(25-13-6-9-19-8-4-5-12-24(19)25)18-20-16-22(14-15-27(20)36-26)31-29(34)30-21-10-7-11-23(17-21)35-2/h4-5,7-8,10-12,14-17,25-26H,3,6,9,13,18H2,1-2H3,(H2,30,31,34). The van der Waals surface area contributed by atoms with Gasteiger partial charge in [-0.3, -0.25) is 4.79 Å². The van der Waals surface area contributed by atoms with E-state index in [4.69, 9.17) is 9.47 Å². The van der Waals surface area contributed by atoms with Gasteiger partial charge in [0.1, 0.15) is 11.5 Å². The first-order valence-electron chi connectivity index (χ1n) is 12.5. The van der Waals surface area contributed by atoms with Gasteiger partial charge >= 0.3 is 6.03 Å². The highest BCUT2D eigenvalue weighted by Gasteiger charge is 2.36. The van der Waals surface area contributed by atoms with Crippen LogP contribution in [0.4, 0.5) is 16.2 Å². The summed E-state index contributed by atoms with van der Waals surface area (Å²) in [5.41, 5.74) is 4.67. The molecule has 0 fully saturated rings. The van der Waals surface area contributed by atoms with Crippen LogP contribution in [-0.4, -0.2) is 30.1 Å². The lowest BCUT2D eigenvalue weighted by atomic mass is 9.86. The number of urea groups is 1. The lowest BCUT2D eigenvalue weighted by molar-refractivity contribution is -0.141. The molecule has 2 atom stereocenters. The van der Waals surface area contributed by atoms with Crippen molar-refractivity contribution in [2.75, 3.05) is 17.7 Å². The number of amides is 3. The lowest BCUT2D eigenvalue weighted by Crippen LogP contribution is -2.42. The zero-order chi connectivity index (χ0) is 25.1. The van der Waals surface area contributed by atoms with Crippen LogP contribution in [0.5, 0.6) is 11.5 Å². The molecule has 7 heteroatoms. The van der Waals surface area contributed by atoms with Crippen LogP contribution in [0, 0.1) is 0 Å². The SMILES string of the molecule is CCC1Oc2ccc(NC(=O)Nc3cccc(OC)c3)cc2CN(C2CCCc3ccccc32)C1=O. The van der Waals surface area contributed by atoms with Crippen LogP contribution in [0.1, 0.15) is 48.9 Å². The topological polar surface area (TPSA) is 79.9 Å². The molecule has 0 saturated heterocycles. The first-order chi connectivity index (χ1) is 17.6. The molecule has 3 aromatic rings. The molecule has 3 amide bonds. The summed E-state index contributed by atoms with van der Waals surface area (Å²) in [6, 6.07) is 20.8. The number of carbonyl (C=O) groups excluding carboxylic acids is 2. The van der Waals surface area contributed by atoms with Crippen molar-refractivity contribution < 1.29 is 19.1 Å². The first kappa shape index (κ1) is 23.7. The minimum absolute atomic E-state index is 0.0130. The minimum Gasteiger partial charge on any atom is -0.497 e. The number of nitrogens with zero attached hydrogens (tertiary/aromatic N) is 1. The number of hydrogen-bond acceptors (Lipinski definition) is 4. The van der Waals surface area contributed by atoms with Gasteiger partial charge in [0.15, 0.2) is 6.10 Å². The van der Waals surface area contributed by atoms with E-state index in [1.165, 1.54) is 11.1 Å². The second-order valence-electron chi connectivity index (χ2n) is 9.22. The molecule has 1 aliphatic carbocycles. The number of hydrogen-bond donors (Lipinski definition) is 2. The Kier molecular flexibility index (Phi) is 6.80. The van der Waals surface area contributed by atoms with Gasteiger partial charge in [-0.05, 0) is 67.1 Å². The number of methoxy groups -OCH3 is 1. The maximum absolute atomic E-state index is 13.6. The van der Waals surface area contributed by atoms with Gasteiger partial charge in [-0.25, -0.2) is 4.79 Å². The molecule has 0 spiro atoms. The van der Waals surface area contributed by atoms with Crippen LogP contribution in [0.3, 0.4) is 0 Å². The van der Waals surface area contributed by atoms with Gasteiger partial charge in [0, 0.05) is 23.0 Å². The molecule has 2 unspecified atom stereocenters. The predicted molar refractivity (Wildman–Crippen MR) is 139 cm³/mol. The van der Waals surface area contributed by atoms with Crippen molar-refractivity contribution in [3.63, 3.8) is 0 Å². The van der Waals surface area contributed by atoms with Crippen LogP contribution < -0.4 is 20.1 Å². The van der Waals surface area contributed by atoms with Gasteiger partial charge in [-0.15, -0.1) is 0 Å². The van der Waals surface area contributed by atoms with Crippen LogP contribution in [-0.2, 0) is 17.8 Å². The Bertz CT molecular complexity index is 1270. The maximum atomic E-state index is 13.6. The van der Waals surface area contributed by atoms with Gasteiger partial charge < -0.3 is 25.0 Å². The molecule has 0 saturated carbocycles. The fraction of sp³-hybridized carbons (Fsp3) is 0.310. The summed E-state index contributed by atoms with van der Waals surface area (Å²) >= 11 is 0. The van der Waals surface area contributed by atoms with Crippen LogP contribution in [0.2, 0.25) is 0 Å². The van der Waals surface area contributed by atoms with Crippen molar-refractivity contribution in [1.82, 2.24) is 4.90 Å². The Labute approximate surface area is 211 Å². The van der Waals surface area contributed by atoms with Crippen LogP contribution in [0.15, 0.2) is 66.7 Å². The molecule has 1 heterocycles. The lowest BCUT2D eigenvalue weighted by Gasteiger charge is -2.36. The summed E-state index contributed by atoms with van der Waals surface area (Å²) in [5, 5.41) is 5.72. The van der Waals surface area contributed by atoms with Gasteiger partial charge in [0.2, 0.25) is 0 Å². The van der Waals surface area contributed by atoms with Crippen LogP contribution in [0.25, 0.3) is 0 Å². The summed E-state index contributed by atoms with van der Waals surface area (Å²) < 4.78 is 11.4. The molecule has 186 valence electrons. The molecular weight excluding hydrogens is 454 g/mol. The van der Waals surface area contributed by atoms with E-state index >= 15 is 0 Å². The van der Waals surface area contributed by atoms with Gasteiger partial charge in [0.05, 0.1) is 19.7 Å². The zero-order valence-electron chi connectivity index (χ0n) is 20.6. The number of aryl methyl sites for hydroxylation is 1. The number of rotatable bonds is 5. The monoisotopic (exact) mass is 485 g/mol. The third-order valence-corrected chi connectivity index (χ3v) is 6.90. The zero-order valence-corrected chi connectivity index (χ0v) is 20.6. The number of ether oxygens (including phenoxy) is 2. The highest BCUT2D eigenvalue weighted by molar-refractivity contribution is 6.00. The molecule has 0 bridgehead atoms.